The average molecular weight is 310 g/mol. The van der Waals surface area contributed by atoms with E-state index in [9.17, 15) is 0 Å². The standard InChI is InChI=1S/C19H22N2O2/c1-2-23-16-10-8-15(9-11-16)14-19-20-17-6-3-4-7-18(17)21(19)12-5-13-22/h3-4,6-11,22H,2,5,12-14H2,1H3. The molecule has 4 nitrogen and oxygen atoms in total. The number of para-hydroxylation sites is 2. The SMILES string of the molecule is CCOc1ccc(Cc2nc3ccccc3n2CCCO)cc1. The maximum Gasteiger partial charge on any atom is 0.119 e. The van der Waals surface area contributed by atoms with Crippen molar-refractivity contribution in [3.8, 4) is 5.75 Å². The largest absolute Gasteiger partial charge is 0.494 e. The highest BCUT2D eigenvalue weighted by atomic mass is 16.5. The number of aliphatic hydroxyl groups is 1. The van der Waals surface area contributed by atoms with Gasteiger partial charge in [-0.1, -0.05) is 24.3 Å². The van der Waals surface area contributed by atoms with Crippen LogP contribution in [0.2, 0.25) is 0 Å². The number of aromatic nitrogens is 2. The van der Waals surface area contributed by atoms with Crippen LogP contribution >= 0.6 is 0 Å². The Balaban J connectivity index is 1.88. The van der Waals surface area contributed by atoms with Gasteiger partial charge >= 0.3 is 0 Å². The van der Waals surface area contributed by atoms with Gasteiger partial charge in [-0.3, -0.25) is 0 Å². The maximum absolute atomic E-state index is 9.15. The van der Waals surface area contributed by atoms with E-state index in [1.807, 2.05) is 37.3 Å². The fourth-order valence-electron chi connectivity index (χ4n) is 2.79. The number of ether oxygens (including phenoxy) is 1. The molecule has 1 aromatic heterocycles. The molecule has 2 aromatic carbocycles. The molecule has 0 bridgehead atoms. The van der Waals surface area contributed by atoms with Gasteiger partial charge in [-0.25, -0.2) is 4.98 Å². The Labute approximate surface area is 136 Å². The molecular formula is C19H22N2O2. The Hall–Kier alpha value is -2.33. The minimum atomic E-state index is 0.189. The molecule has 3 rings (SSSR count). The second-order valence-electron chi connectivity index (χ2n) is 5.50. The third-order valence-corrected chi connectivity index (χ3v) is 3.87. The van der Waals surface area contributed by atoms with Crippen molar-refractivity contribution in [3.05, 3.63) is 59.9 Å². The van der Waals surface area contributed by atoms with Crippen molar-refractivity contribution >= 4 is 11.0 Å². The van der Waals surface area contributed by atoms with E-state index in [1.165, 1.54) is 5.56 Å². The van der Waals surface area contributed by atoms with Gasteiger partial charge in [0.15, 0.2) is 0 Å². The number of fused-ring (bicyclic) bond motifs is 1. The quantitative estimate of drug-likeness (QED) is 0.727. The van der Waals surface area contributed by atoms with Crippen LogP contribution in [0.3, 0.4) is 0 Å². The van der Waals surface area contributed by atoms with Gasteiger partial charge < -0.3 is 14.4 Å². The molecule has 0 aliphatic heterocycles. The van der Waals surface area contributed by atoms with E-state index in [4.69, 9.17) is 14.8 Å². The van der Waals surface area contributed by atoms with E-state index in [0.29, 0.717) is 6.61 Å². The summed E-state index contributed by atoms with van der Waals surface area (Å²) in [6.07, 6.45) is 1.50. The summed E-state index contributed by atoms with van der Waals surface area (Å²) in [5.41, 5.74) is 3.34. The molecule has 0 aliphatic rings. The lowest BCUT2D eigenvalue weighted by Crippen LogP contribution is -2.06. The van der Waals surface area contributed by atoms with Crippen LogP contribution in [0.15, 0.2) is 48.5 Å². The number of imidazole rings is 1. The van der Waals surface area contributed by atoms with Crippen LogP contribution in [0, 0.1) is 0 Å². The highest BCUT2D eigenvalue weighted by Gasteiger charge is 2.10. The summed E-state index contributed by atoms with van der Waals surface area (Å²) < 4.78 is 7.70. The Morgan fingerprint density at radius 1 is 1.09 bits per heavy atom. The van der Waals surface area contributed by atoms with Gasteiger partial charge in [0.1, 0.15) is 11.6 Å². The zero-order valence-corrected chi connectivity index (χ0v) is 13.4. The molecule has 23 heavy (non-hydrogen) atoms. The highest BCUT2D eigenvalue weighted by molar-refractivity contribution is 5.76. The van der Waals surface area contributed by atoms with Gasteiger partial charge in [0.05, 0.1) is 17.6 Å². The number of hydrogen-bond acceptors (Lipinski definition) is 3. The molecule has 0 fully saturated rings. The highest BCUT2D eigenvalue weighted by Crippen LogP contribution is 2.20. The Kier molecular flexibility index (Phi) is 4.93. The minimum absolute atomic E-state index is 0.189. The van der Waals surface area contributed by atoms with Crippen molar-refractivity contribution in [2.75, 3.05) is 13.2 Å². The first-order valence-corrected chi connectivity index (χ1v) is 8.08. The molecule has 0 radical (unpaired) electrons. The summed E-state index contributed by atoms with van der Waals surface area (Å²) >= 11 is 0. The van der Waals surface area contributed by atoms with Gasteiger partial charge in [0.25, 0.3) is 0 Å². The lowest BCUT2D eigenvalue weighted by molar-refractivity contribution is 0.280. The number of aliphatic hydroxyl groups excluding tert-OH is 1. The second-order valence-corrected chi connectivity index (χ2v) is 5.50. The monoisotopic (exact) mass is 310 g/mol. The number of rotatable bonds is 7. The maximum atomic E-state index is 9.15. The van der Waals surface area contributed by atoms with Gasteiger partial charge in [-0.05, 0) is 43.2 Å². The van der Waals surface area contributed by atoms with E-state index < -0.39 is 0 Å². The lowest BCUT2D eigenvalue weighted by atomic mass is 10.1. The van der Waals surface area contributed by atoms with Crippen LogP contribution in [-0.2, 0) is 13.0 Å². The molecule has 0 amide bonds. The molecule has 3 aromatic rings. The summed E-state index contributed by atoms with van der Waals surface area (Å²) in [6.45, 7) is 3.63. The van der Waals surface area contributed by atoms with Gasteiger partial charge in [0, 0.05) is 19.6 Å². The smallest absolute Gasteiger partial charge is 0.119 e. The molecule has 0 saturated carbocycles. The van der Waals surface area contributed by atoms with Crippen LogP contribution < -0.4 is 4.74 Å². The first-order chi connectivity index (χ1) is 11.3. The van der Waals surface area contributed by atoms with Crippen molar-refractivity contribution in [2.24, 2.45) is 0 Å². The van der Waals surface area contributed by atoms with E-state index >= 15 is 0 Å². The Morgan fingerprint density at radius 3 is 2.61 bits per heavy atom. The molecule has 0 aliphatic carbocycles. The molecule has 0 unspecified atom stereocenters. The molecule has 1 N–H and O–H groups in total. The summed E-state index contributed by atoms with van der Waals surface area (Å²) in [5.74, 6) is 1.92. The van der Waals surface area contributed by atoms with Crippen LogP contribution in [0.5, 0.6) is 5.75 Å². The van der Waals surface area contributed by atoms with Crippen molar-refractivity contribution in [2.45, 2.75) is 26.3 Å². The van der Waals surface area contributed by atoms with Crippen molar-refractivity contribution in [1.29, 1.82) is 0 Å². The van der Waals surface area contributed by atoms with Crippen molar-refractivity contribution in [1.82, 2.24) is 9.55 Å². The third kappa shape index (κ3) is 3.54. The zero-order valence-electron chi connectivity index (χ0n) is 13.4. The third-order valence-electron chi connectivity index (χ3n) is 3.87. The molecule has 0 saturated heterocycles. The van der Waals surface area contributed by atoms with Crippen LogP contribution in [0.1, 0.15) is 24.7 Å². The molecule has 1 heterocycles. The fourth-order valence-corrected chi connectivity index (χ4v) is 2.79. The summed E-state index contributed by atoms with van der Waals surface area (Å²) in [6, 6.07) is 16.3. The van der Waals surface area contributed by atoms with Crippen molar-refractivity contribution < 1.29 is 9.84 Å². The molecule has 4 heteroatoms. The zero-order chi connectivity index (χ0) is 16.1. The Bertz CT molecular complexity index is 763. The van der Waals surface area contributed by atoms with E-state index in [2.05, 4.69) is 22.8 Å². The van der Waals surface area contributed by atoms with Gasteiger partial charge in [-0.2, -0.15) is 0 Å². The number of nitrogens with zero attached hydrogens (tertiary/aromatic N) is 2. The molecule has 0 atom stereocenters. The van der Waals surface area contributed by atoms with E-state index in [1.54, 1.807) is 0 Å². The van der Waals surface area contributed by atoms with Crippen LogP contribution in [0.4, 0.5) is 0 Å². The minimum Gasteiger partial charge on any atom is -0.494 e. The topological polar surface area (TPSA) is 47.3 Å². The molecule has 0 spiro atoms. The number of aryl methyl sites for hydroxylation is 1. The summed E-state index contributed by atoms with van der Waals surface area (Å²) in [5, 5.41) is 9.15. The van der Waals surface area contributed by atoms with E-state index in [0.717, 1.165) is 42.0 Å². The van der Waals surface area contributed by atoms with Crippen molar-refractivity contribution in [3.63, 3.8) is 0 Å². The summed E-state index contributed by atoms with van der Waals surface area (Å²) in [4.78, 5) is 4.77. The first kappa shape index (κ1) is 15.6. The first-order valence-electron chi connectivity index (χ1n) is 8.08. The van der Waals surface area contributed by atoms with E-state index in [-0.39, 0.29) is 6.61 Å². The van der Waals surface area contributed by atoms with Crippen LogP contribution in [0.25, 0.3) is 11.0 Å². The predicted molar refractivity (Wildman–Crippen MR) is 91.9 cm³/mol. The lowest BCUT2D eigenvalue weighted by Gasteiger charge is -2.09. The van der Waals surface area contributed by atoms with Crippen LogP contribution in [-0.4, -0.2) is 27.9 Å². The molecular weight excluding hydrogens is 288 g/mol. The average Bonchev–Trinajstić information content (AvgIpc) is 2.92. The predicted octanol–water partition coefficient (Wildman–Crippen LogP) is 3.41. The molecule has 120 valence electrons. The second kappa shape index (κ2) is 7.29. The van der Waals surface area contributed by atoms with Gasteiger partial charge in [0.2, 0.25) is 0 Å². The normalized spacial score (nSPS) is 11.0. The van der Waals surface area contributed by atoms with Gasteiger partial charge in [-0.15, -0.1) is 0 Å². The Morgan fingerprint density at radius 2 is 1.87 bits per heavy atom. The summed E-state index contributed by atoms with van der Waals surface area (Å²) in [7, 11) is 0. The number of hydrogen-bond donors (Lipinski definition) is 1. The fraction of sp³-hybridized carbons (Fsp3) is 0.316. The number of benzene rings is 2.